The summed E-state index contributed by atoms with van der Waals surface area (Å²) in [6.45, 7) is 4.85. The van der Waals surface area contributed by atoms with Crippen molar-refractivity contribution in [3.05, 3.63) is 29.8 Å². The lowest BCUT2D eigenvalue weighted by molar-refractivity contribution is -0.0583. The number of rotatable bonds is 4. The second kappa shape index (κ2) is 6.18. The lowest BCUT2D eigenvalue weighted by Gasteiger charge is -2.39. The van der Waals surface area contributed by atoms with Gasteiger partial charge in [-0.15, -0.1) is 0 Å². The van der Waals surface area contributed by atoms with E-state index in [1.807, 2.05) is 25.1 Å². The molecule has 100 valence electrons. The number of nitrogens with zero attached hydrogens (tertiary/aromatic N) is 1. The van der Waals surface area contributed by atoms with Crippen LogP contribution in [0, 0.1) is 0 Å². The predicted octanol–water partition coefficient (Wildman–Crippen LogP) is 1.42. The highest BCUT2D eigenvalue weighted by atomic mass is 16.5. The molecule has 0 amide bonds. The van der Waals surface area contributed by atoms with Gasteiger partial charge in [0.25, 0.3) is 0 Å². The van der Waals surface area contributed by atoms with E-state index in [4.69, 9.17) is 15.2 Å². The molecule has 0 saturated carbocycles. The zero-order valence-electron chi connectivity index (χ0n) is 11.1. The molecular weight excluding hydrogens is 228 g/mol. The van der Waals surface area contributed by atoms with Gasteiger partial charge in [-0.3, -0.25) is 4.90 Å². The Morgan fingerprint density at radius 2 is 2.22 bits per heavy atom. The van der Waals surface area contributed by atoms with Gasteiger partial charge in [0.15, 0.2) is 0 Å². The summed E-state index contributed by atoms with van der Waals surface area (Å²) in [6.07, 6.45) is 0.0327. The van der Waals surface area contributed by atoms with Gasteiger partial charge in [-0.1, -0.05) is 18.2 Å². The Kier molecular flexibility index (Phi) is 4.58. The van der Waals surface area contributed by atoms with Gasteiger partial charge in [-0.05, 0) is 20.0 Å². The first-order valence-corrected chi connectivity index (χ1v) is 6.51. The van der Waals surface area contributed by atoms with Crippen molar-refractivity contribution in [2.24, 2.45) is 5.73 Å². The van der Waals surface area contributed by atoms with Crippen molar-refractivity contribution in [2.45, 2.75) is 19.1 Å². The Balaban J connectivity index is 2.32. The third-order valence-electron chi connectivity index (χ3n) is 3.37. The van der Waals surface area contributed by atoms with Gasteiger partial charge in [-0.25, -0.2) is 0 Å². The van der Waals surface area contributed by atoms with Crippen molar-refractivity contribution >= 4 is 0 Å². The lowest BCUT2D eigenvalue weighted by atomic mass is 9.97. The fourth-order valence-electron chi connectivity index (χ4n) is 2.51. The van der Waals surface area contributed by atoms with Gasteiger partial charge < -0.3 is 15.2 Å². The Bertz CT molecular complexity index is 384. The lowest BCUT2D eigenvalue weighted by Crippen LogP contribution is -2.46. The zero-order valence-corrected chi connectivity index (χ0v) is 11.1. The van der Waals surface area contributed by atoms with Crippen molar-refractivity contribution < 1.29 is 9.47 Å². The summed E-state index contributed by atoms with van der Waals surface area (Å²) < 4.78 is 11.5. The van der Waals surface area contributed by atoms with Crippen LogP contribution in [0.25, 0.3) is 0 Å². The fourth-order valence-corrected chi connectivity index (χ4v) is 2.51. The number of likely N-dealkylation sites (N-methyl/N-ethyl adjacent to an activating group) is 1. The van der Waals surface area contributed by atoms with E-state index in [0.29, 0.717) is 13.2 Å². The molecule has 1 saturated heterocycles. The fraction of sp³-hybridized carbons (Fsp3) is 0.571. The summed E-state index contributed by atoms with van der Waals surface area (Å²) >= 11 is 0. The summed E-state index contributed by atoms with van der Waals surface area (Å²) in [5.41, 5.74) is 6.99. The maximum atomic E-state index is 5.82. The van der Waals surface area contributed by atoms with E-state index in [0.717, 1.165) is 24.5 Å². The average Bonchev–Trinajstić information content (AvgIpc) is 2.40. The molecule has 1 fully saturated rings. The normalized spacial score (nSPS) is 25.1. The molecule has 1 aliphatic heterocycles. The first kappa shape index (κ1) is 13.3. The second-order valence-electron chi connectivity index (χ2n) is 4.54. The van der Waals surface area contributed by atoms with E-state index >= 15 is 0 Å². The summed E-state index contributed by atoms with van der Waals surface area (Å²) in [6, 6.07) is 8.31. The summed E-state index contributed by atoms with van der Waals surface area (Å²) in [7, 11) is 2.11. The highest BCUT2D eigenvalue weighted by Gasteiger charge is 2.32. The van der Waals surface area contributed by atoms with Crippen LogP contribution in [0.5, 0.6) is 5.75 Å². The van der Waals surface area contributed by atoms with Crippen LogP contribution in [-0.2, 0) is 4.74 Å². The van der Waals surface area contributed by atoms with Gasteiger partial charge in [0.2, 0.25) is 0 Å². The van der Waals surface area contributed by atoms with Crippen LogP contribution in [0.15, 0.2) is 24.3 Å². The Hall–Kier alpha value is -1.10. The van der Waals surface area contributed by atoms with Gasteiger partial charge in [-0.2, -0.15) is 0 Å². The third-order valence-corrected chi connectivity index (χ3v) is 3.37. The highest BCUT2D eigenvalue weighted by molar-refractivity contribution is 5.37. The van der Waals surface area contributed by atoms with Crippen LogP contribution in [0.4, 0.5) is 0 Å². The second-order valence-corrected chi connectivity index (χ2v) is 4.54. The number of hydrogen-bond donors (Lipinski definition) is 1. The van der Waals surface area contributed by atoms with Crippen molar-refractivity contribution in [1.82, 2.24) is 4.90 Å². The number of ether oxygens (including phenoxy) is 2. The molecule has 0 bridgehead atoms. The van der Waals surface area contributed by atoms with Crippen LogP contribution in [-0.4, -0.2) is 44.4 Å². The molecule has 2 unspecified atom stereocenters. The van der Waals surface area contributed by atoms with Gasteiger partial charge >= 0.3 is 0 Å². The van der Waals surface area contributed by atoms with E-state index in [1.165, 1.54) is 0 Å². The summed E-state index contributed by atoms with van der Waals surface area (Å²) in [5, 5.41) is 0. The van der Waals surface area contributed by atoms with Crippen molar-refractivity contribution in [3.8, 4) is 5.75 Å². The number of benzene rings is 1. The molecule has 0 radical (unpaired) electrons. The predicted molar refractivity (Wildman–Crippen MR) is 71.8 cm³/mol. The first-order chi connectivity index (χ1) is 8.77. The molecular formula is C14H22N2O2. The number of para-hydroxylation sites is 1. The smallest absolute Gasteiger partial charge is 0.124 e. The average molecular weight is 250 g/mol. The minimum absolute atomic E-state index is 0.0327. The molecule has 18 heavy (non-hydrogen) atoms. The van der Waals surface area contributed by atoms with Crippen LogP contribution < -0.4 is 10.5 Å². The van der Waals surface area contributed by atoms with Gasteiger partial charge in [0, 0.05) is 18.7 Å². The number of nitrogens with two attached hydrogens (primary N) is 1. The molecule has 0 aromatic heterocycles. The van der Waals surface area contributed by atoms with E-state index in [2.05, 4.69) is 18.0 Å². The van der Waals surface area contributed by atoms with Crippen LogP contribution in [0.1, 0.15) is 18.5 Å². The van der Waals surface area contributed by atoms with Crippen LogP contribution in [0.3, 0.4) is 0 Å². The largest absolute Gasteiger partial charge is 0.494 e. The van der Waals surface area contributed by atoms with E-state index in [1.54, 1.807) is 0 Å². The molecule has 2 rings (SSSR count). The molecule has 1 aromatic rings. The van der Waals surface area contributed by atoms with Crippen LogP contribution in [0.2, 0.25) is 0 Å². The molecule has 2 N–H and O–H groups in total. The van der Waals surface area contributed by atoms with Gasteiger partial charge in [0.05, 0.1) is 25.4 Å². The molecule has 0 aliphatic carbocycles. The van der Waals surface area contributed by atoms with Crippen LogP contribution >= 0.6 is 0 Å². The number of hydrogen-bond acceptors (Lipinski definition) is 4. The Morgan fingerprint density at radius 1 is 1.44 bits per heavy atom. The molecule has 4 nitrogen and oxygen atoms in total. The SMILES string of the molecule is CCOc1ccccc1C1C(CN)OCCN1C. The van der Waals surface area contributed by atoms with E-state index in [9.17, 15) is 0 Å². The van der Waals surface area contributed by atoms with E-state index < -0.39 is 0 Å². The minimum Gasteiger partial charge on any atom is -0.494 e. The first-order valence-electron chi connectivity index (χ1n) is 6.51. The quantitative estimate of drug-likeness (QED) is 0.878. The maximum absolute atomic E-state index is 5.82. The zero-order chi connectivity index (χ0) is 13.0. The third kappa shape index (κ3) is 2.66. The van der Waals surface area contributed by atoms with Crippen molar-refractivity contribution in [2.75, 3.05) is 33.4 Å². The Labute approximate surface area is 109 Å². The molecule has 2 atom stereocenters. The van der Waals surface area contributed by atoms with E-state index in [-0.39, 0.29) is 12.1 Å². The standard InChI is InChI=1S/C14H22N2O2/c1-3-17-12-7-5-4-6-11(12)14-13(10-15)18-9-8-16(14)2/h4-7,13-14H,3,8-10,15H2,1-2H3. The maximum Gasteiger partial charge on any atom is 0.124 e. The summed E-state index contributed by atoms with van der Waals surface area (Å²) in [4.78, 5) is 2.29. The molecule has 1 aliphatic rings. The summed E-state index contributed by atoms with van der Waals surface area (Å²) in [5.74, 6) is 0.931. The molecule has 0 spiro atoms. The topological polar surface area (TPSA) is 47.7 Å². The minimum atomic E-state index is 0.0327. The molecule has 1 aromatic carbocycles. The monoisotopic (exact) mass is 250 g/mol. The highest BCUT2D eigenvalue weighted by Crippen LogP contribution is 2.33. The Morgan fingerprint density at radius 3 is 2.94 bits per heavy atom. The van der Waals surface area contributed by atoms with Crippen molar-refractivity contribution in [3.63, 3.8) is 0 Å². The molecule has 1 heterocycles. The van der Waals surface area contributed by atoms with Gasteiger partial charge in [0.1, 0.15) is 5.75 Å². The number of morpholine rings is 1. The molecule has 4 heteroatoms. The van der Waals surface area contributed by atoms with Crippen molar-refractivity contribution in [1.29, 1.82) is 0 Å².